The number of allylic oxidation sites excluding steroid dienone is 1. The van der Waals surface area contributed by atoms with Crippen LogP contribution < -0.4 is 5.73 Å². The molecule has 0 aliphatic heterocycles. The summed E-state index contributed by atoms with van der Waals surface area (Å²) in [7, 11) is 1.51. The monoisotopic (exact) mass is 463 g/mol. The third-order valence-electron chi connectivity index (χ3n) is 4.54. The molecule has 1 aromatic rings. The lowest BCUT2D eigenvalue weighted by molar-refractivity contribution is 0.0294. The minimum Gasteiger partial charge on any atom is -0.379 e. The van der Waals surface area contributed by atoms with E-state index in [2.05, 4.69) is 6.58 Å². The molecular formula is C16H19F5NOPS3. The lowest BCUT2D eigenvalue weighted by atomic mass is 9.80. The van der Waals surface area contributed by atoms with Crippen LogP contribution in [0.1, 0.15) is 26.2 Å². The number of halogens is 5. The highest BCUT2D eigenvalue weighted by atomic mass is 33.2. The van der Waals surface area contributed by atoms with Gasteiger partial charge in [-0.2, -0.15) is 0 Å². The molecule has 0 aromatic heterocycles. The van der Waals surface area contributed by atoms with Crippen molar-refractivity contribution < 1.29 is 26.7 Å². The van der Waals surface area contributed by atoms with Crippen molar-refractivity contribution >= 4 is 39.7 Å². The van der Waals surface area contributed by atoms with Crippen LogP contribution in [-0.4, -0.2) is 18.1 Å². The van der Waals surface area contributed by atoms with Crippen LogP contribution in [0.3, 0.4) is 0 Å². The molecule has 0 spiro atoms. The van der Waals surface area contributed by atoms with Crippen molar-refractivity contribution in [3.8, 4) is 0 Å². The Labute approximate surface area is 168 Å². The number of rotatable bonds is 6. The molecule has 2 nitrogen and oxygen atoms in total. The van der Waals surface area contributed by atoms with Crippen molar-refractivity contribution in [2.45, 2.75) is 42.1 Å². The van der Waals surface area contributed by atoms with Gasteiger partial charge in [-0.15, -0.1) is 0 Å². The summed E-state index contributed by atoms with van der Waals surface area (Å²) in [6, 6.07) is 0. The molecule has 0 heterocycles. The maximum absolute atomic E-state index is 13.9. The van der Waals surface area contributed by atoms with Gasteiger partial charge in [-0.05, 0) is 32.1 Å². The van der Waals surface area contributed by atoms with Crippen LogP contribution in [0.25, 0.3) is 0 Å². The SMILES string of the molecule is C=C(C)[C@@H]1CC[C@](N)(S[PH](=S)Sc2c(F)c(F)c(F)c(F)c2F)[C@@H](OC)C1. The fraction of sp³-hybridized carbons (Fsp3) is 0.500. The minimum absolute atomic E-state index is 0.246. The van der Waals surface area contributed by atoms with Crippen molar-refractivity contribution in [2.24, 2.45) is 11.7 Å². The quantitative estimate of drug-likeness (QED) is 0.145. The number of benzene rings is 1. The van der Waals surface area contributed by atoms with Crippen LogP contribution in [-0.2, 0) is 16.5 Å². The number of hydrogen-bond donors (Lipinski definition) is 1. The van der Waals surface area contributed by atoms with Gasteiger partial charge in [0.25, 0.3) is 0 Å². The first-order valence-electron chi connectivity index (χ1n) is 7.91. The zero-order valence-corrected chi connectivity index (χ0v) is 18.0. The lowest BCUT2D eigenvalue weighted by Gasteiger charge is -2.43. The molecule has 4 atom stereocenters. The van der Waals surface area contributed by atoms with Crippen molar-refractivity contribution in [1.82, 2.24) is 0 Å². The van der Waals surface area contributed by atoms with Gasteiger partial charge < -0.3 is 10.5 Å². The first-order chi connectivity index (χ1) is 12.5. The van der Waals surface area contributed by atoms with Crippen LogP contribution >= 0.6 is 27.9 Å². The Balaban J connectivity index is 2.20. The molecule has 1 aliphatic rings. The number of hydrogen-bond acceptors (Lipinski definition) is 5. The molecule has 1 unspecified atom stereocenters. The molecule has 0 amide bonds. The second-order valence-corrected chi connectivity index (χ2v) is 15.7. The van der Waals surface area contributed by atoms with Crippen LogP contribution in [0, 0.1) is 35.0 Å². The van der Waals surface area contributed by atoms with Gasteiger partial charge >= 0.3 is 0 Å². The van der Waals surface area contributed by atoms with Crippen LogP contribution in [0.2, 0.25) is 0 Å². The molecule has 0 saturated heterocycles. The predicted octanol–water partition coefficient (Wildman–Crippen LogP) is 5.76. The van der Waals surface area contributed by atoms with Crippen LogP contribution in [0.15, 0.2) is 17.0 Å². The zero-order chi connectivity index (χ0) is 20.5. The Kier molecular flexibility index (Phi) is 7.84. The van der Waals surface area contributed by atoms with Gasteiger partial charge in [0.2, 0.25) is 5.82 Å². The fourth-order valence-corrected chi connectivity index (χ4v) is 11.8. The second-order valence-electron chi connectivity index (χ2n) is 6.35. The van der Waals surface area contributed by atoms with E-state index in [1.807, 2.05) is 6.92 Å². The number of methoxy groups -OCH3 is 1. The maximum Gasteiger partial charge on any atom is 0.200 e. The highest BCUT2D eigenvalue weighted by Gasteiger charge is 2.42. The Morgan fingerprint density at radius 2 is 1.70 bits per heavy atom. The Hall–Kier alpha value is -0.120. The smallest absolute Gasteiger partial charge is 0.200 e. The summed E-state index contributed by atoms with van der Waals surface area (Å²) in [5, 5.41) is -2.11. The predicted molar refractivity (Wildman–Crippen MR) is 105 cm³/mol. The highest BCUT2D eigenvalue weighted by Crippen LogP contribution is 2.62. The average Bonchev–Trinajstić information content (AvgIpc) is 2.61. The maximum atomic E-state index is 13.9. The molecule has 2 N–H and O–H groups in total. The van der Waals surface area contributed by atoms with E-state index >= 15 is 0 Å². The van der Waals surface area contributed by atoms with Gasteiger partial charge in [0.1, 0.15) is 0 Å². The summed E-state index contributed by atoms with van der Waals surface area (Å²) in [6.07, 6.45) is 1.57. The minimum atomic E-state index is -2.19. The van der Waals surface area contributed by atoms with Crippen LogP contribution in [0.4, 0.5) is 22.0 Å². The molecule has 1 fully saturated rings. The number of ether oxygens (including phenoxy) is 1. The summed E-state index contributed by atoms with van der Waals surface area (Å²) in [5.41, 5.74) is 7.47. The van der Waals surface area contributed by atoms with Crippen molar-refractivity contribution in [3.05, 3.63) is 41.2 Å². The summed E-state index contributed by atoms with van der Waals surface area (Å²) in [6.45, 7) is 5.87. The normalized spacial score (nSPS) is 26.8. The van der Waals surface area contributed by atoms with Gasteiger partial charge in [-0.1, -0.05) is 46.7 Å². The molecule has 1 aromatic carbocycles. The first kappa shape index (κ1) is 23.2. The van der Waals surface area contributed by atoms with E-state index in [1.165, 1.54) is 7.11 Å². The van der Waals surface area contributed by atoms with E-state index in [0.29, 0.717) is 24.2 Å². The molecular weight excluding hydrogens is 444 g/mol. The zero-order valence-electron chi connectivity index (χ0n) is 14.6. The largest absolute Gasteiger partial charge is 0.379 e. The van der Waals surface area contributed by atoms with Crippen LogP contribution in [0.5, 0.6) is 0 Å². The molecule has 0 bridgehead atoms. The lowest BCUT2D eigenvalue weighted by Crippen LogP contribution is -2.52. The standard InChI is InChI=1S/C16H19F5NOPS3/c1-7(2)8-4-5-16(22,9(6-8)23-3)27-24(25)26-15-13(20)11(18)10(17)12(19)14(15)21/h8-9,24H,1,4-6,22H2,2-3H3/t8-,9+,16+/m1/s1. The van der Waals surface area contributed by atoms with E-state index in [0.717, 1.165) is 23.4 Å². The number of nitrogens with two attached hydrogens (primary N) is 1. The van der Waals surface area contributed by atoms with E-state index in [1.54, 1.807) is 0 Å². The van der Waals surface area contributed by atoms with Gasteiger partial charge in [0.15, 0.2) is 23.3 Å². The fourth-order valence-electron chi connectivity index (χ4n) is 2.93. The summed E-state index contributed by atoms with van der Waals surface area (Å²) in [5.74, 6) is -9.64. The Bertz CT molecular complexity index is 752. The molecule has 27 heavy (non-hydrogen) atoms. The highest BCUT2D eigenvalue weighted by molar-refractivity contribution is 8.94. The molecule has 1 aliphatic carbocycles. The second kappa shape index (κ2) is 9.13. The molecule has 11 heteroatoms. The average molecular weight is 463 g/mol. The Morgan fingerprint density at radius 1 is 1.19 bits per heavy atom. The molecule has 152 valence electrons. The van der Waals surface area contributed by atoms with Gasteiger partial charge in [0, 0.05) is 7.11 Å². The van der Waals surface area contributed by atoms with Crippen molar-refractivity contribution in [1.29, 1.82) is 0 Å². The van der Waals surface area contributed by atoms with E-state index < -0.39 is 44.0 Å². The summed E-state index contributed by atoms with van der Waals surface area (Å²) < 4.78 is 73.1. The molecule has 1 saturated carbocycles. The van der Waals surface area contributed by atoms with E-state index in [4.69, 9.17) is 22.3 Å². The first-order valence-corrected chi connectivity index (χ1v) is 13.6. The van der Waals surface area contributed by atoms with Gasteiger partial charge in [-0.25, -0.2) is 22.0 Å². The van der Waals surface area contributed by atoms with Gasteiger partial charge in [0.05, 0.1) is 21.0 Å². The topological polar surface area (TPSA) is 35.2 Å². The molecule has 2 rings (SSSR count). The van der Waals surface area contributed by atoms with Crippen molar-refractivity contribution in [2.75, 3.05) is 7.11 Å². The van der Waals surface area contributed by atoms with Gasteiger partial charge in [-0.3, -0.25) is 0 Å². The summed E-state index contributed by atoms with van der Waals surface area (Å²) in [4.78, 5) is -1.86. The third-order valence-corrected chi connectivity index (χ3v) is 12.0. The van der Waals surface area contributed by atoms with E-state index in [-0.39, 0.29) is 12.0 Å². The summed E-state index contributed by atoms with van der Waals surface area (Å²) >= 11 is 6.90. The Morgan fingerprint density at radius 3 is 2.19 bits per heavy atom. The van der Waals surface area contributed by atoms with E-state index in [9.17, 15) is 22.0 Å². The third kappa shape index (κ3) is 4.90. The molecule has 0 radical (unpaired) electrons. The van der Waals surface area contributed by atoms with Crippen molar-refractivity contribution in [3.63, 3.8) is 0 Å².